The number of rotatable bonds is 3. The Bertz CT molecular complexity index is 562. The first-order valence-electron chi connectivity index (χ1n) is 5.01. The maximum atomic E-state index is 11.5. The van der Waals surface area contributed by atoms with Crippen LogP contribution in [0.2, 0.25) is 0 Å². The summed E-state index contributed by atoms with van der Waals surface area (Å²) in [5.41, 5.74) is 6.59. The minimum atomic E-state index is -0.109. The normalized spacial score (nSPS) is 10.2. The first-order chi connectivity index (χ1) is 8.08. The number of Topliss-reactive ketones (excluding diaryl/α,β-unsaturated/α-hetero) is 1. The highest BCUT2D eigenvalue weighted by Crippen LogP contribution is 2.26. The van der Waals surface area contributed by atoms with Gasteiger partial charge in [0, 0.05) is 12.7 Å². The highest BCUT2D eigenvalue weighted by Gasteiger charge is 2.11. The second-order valence-electron chi connectivity index (χ2n) is 3.61. The summed E-state index contributed by atoms with van der Waals surface area (Å²) in [5, 5.41) is 7.43. The largest absolute Gasteiger partial charge is 0.437 e. The average molecular weight is 232 g/mol. The number of benzene rings is 1. The summed E-state index contributed by atoms with van der Waals surface area (Å²) >= 11 is 0. The van der Waals surface area contributed by atoms with E-state index in [1.807, 2.05) is 0 Å². The van der Waals surface area contributed by atoms with Crippen molar-refractivity contribution < 1.29 is 9.53 Å². The van der Waals surface area contributed by atoms with Crippen LogP contribution in [0.25, 0.3) is 0 Å². The zero-order valence-corrected chi connectivity index (χ0v) is 9.54. The van der Waals surface area contributed by atoms with Gasteiger partial charge in [-0.15, -0.1) is 5.10 Å². The van der Waals surface area contributed by atoms with E-state index in [4.69, 9.17) is 10.5 Å². The lowest BCUT2D eigenvalue weighted by Gasteiger charge is -2.09. The van der Waals surface area contributed by atoms with Gasteiger partial charge in [0.25, 0.3) is 0 Å². The first kappa shape index (κ1) is 11.1. The first-order valence-corrected chi connectivity index (χ1v) is 5.01. The van der Waals surface area contributed by atoms with Crippen molar-refractivity contribution in [2.24, 2.45) is 7.05 Å². The highest BCUT2D eigenvalue weighted by atomic mass is 16.5. The number of aromatic nitrogens is 3. The van der Waals surface area contributed by atoms with Crippen LogP contribution in [-0.4, -0.2) is 20.8 Å². The molecule has 6 heteroatoms. The third-order valence-corrected chi connectivity index (χ3v) is 2.27. The number of ether oxygens (including phenoxy) is 1. The predicted octanol–water partition coefficient (Wildman–Crippen LogP) is 1.39. The maximum absolute atomic E-state index is 11.5. The summed E-state index contributed by atoms with van der Waals surface area (Å²) in [6.45, 7) is 1.46. The monoisotopic (exact) mass is 232 g/mol. The lowest BCUT2D eigenvalue weighted by molar-refractivity contribution is 0.101. The minimum Gasteiger partial charge on any atom is -0.437 e. The summed E-state index contributed by atoms with van der Waals surface area (Å²) in [6.07, 6.45) is 1.47. The molecule has 0 saturated carbocycles. The zero-order valence-electron chi connectivity index (χ0n) is 9.54. The quantitative estimate of drug-likeness (QED) is 0.638. The number of nitrogens with zero attached hydrogens (tertiary/aromatic N) is 3. The van der Waals surface area contributed by atoms with E-state index >= 15 is 0 Å². The minimum absolute atomic E-state index is 0.109. The van der Waals surface area contributed by atoms with Crippen molar-refractivity contribution in [3.05, 3.63) is 30.0 Å². The topological polar surface area (TPSA) is 83.0 Å². The molecule has 1 aromatic heterocycles. The number of hydrogen-bond donors (Lipinski definition) is 1. The van der Waals surface area contributed by atoms with Crippen LogP contribution in [0.3, 0.4) is 0 Å². The smallest absolute Gasteiger partial charge is 0.237 e. The van der Waals surface area contributed by atoms with Crippen molar-refractivity contribution in [2.75, 3.05) is 5.73 Å². The van der Waals surface area contributed by atoms with Gasteiger partial charge in [-0.2, -0.15) is 0 Å². The van der Waals surface area contributed by atoms with E-state index in [9.17, 15) is 4.79 Å². The highest BCUT2D eigenvalue weighted by molar-refractivity contribution is 5.97. The molecule has 17 heavy (non-hydrogen) atoms. The molecule has 0 bridgehead atoms. The lowest BCUT2D eigenvalue weighted by Crippen LogP contribution is -2.01. The number of carbonyl (C=O) groups excluding carboxylic acids is 1. The van der Waals surface area contributed by atoms with E-state index in [0.717, 1.165) is 0 Å². The summed E-state index contributed by atoms with van der Waals surface area (Å²) in [4.78, 5) is 11.5. The second kappa shape index (κ2) is 4.25. The molecule has 0 radical (unpaired) electrons. The molecular formula is C11H12N4O2. The van der Waals surface area contributed by atoms with Gasteiger partial charge >= 0.3 is 0 Å². The molecule has 2 aromatic rings. The molecular weight excluding hydrogens is 220 g/mol. The third kappa shape index (κ3) is 2.25. The Labute approximate surface area is 98.0 Å². The summed E-state index contributed by atoms with van der Waals surface area (Å²) in [5.74, 6) is 0.789. The van der Waals surface area contributed by atoms with E-state index in [2.05, 4.69) is 10.3 Å². The fraction of sp³-hybridized carbons (Fsp3) is 0.182. The van der Waals surface area contributed by atoms with Crippen LogP contribution < -0.4 is 10.5 Å². The molecule has 6 nitrogen and oxygen atoms in total. The molecule has 88 valence electrons. The number of hydrogen-bond acceptors (Lipinski definition) is 5. The number of nitrogen functional groups attached to an aromatic ring is 1. The van der Waals surface area contributed by atoms with Gasteiger partial charge in [-0.3, -0.25) is 4.79 Å². The maximum Gasteiger partial charge on any atom is 0.237 e. The SMILES string of the molecule is CC(=O)c1cc(N)ccc1Oc1cnnn1C. The molecule has 0 aliphatic rings. The van der Waals surface area contributed by atoms with Crippen molar-refractivity contribution >= 4 is 11.5 Å². The number of anilines is 1. The van der Waals surface area contributed by atoms with E-state index in [-0.39, 0.29) is 5.78 Å². The van der Waals surface area contributed by atoms with Crippen molar-refractivity contribution in [2.45, 2.75) is 6.92 Å². The molecule has 0 fully saturated rings. The Morgan fingerprint density at radius 2 is 2.24 bits per heavy atom. The number of nitrogens with two attached hydrogens (primary N) is 1. The molecule has 0 aliphatic heterocycles. The van der Waals surface area contributed by atoms with Gasteiger partial charge < -0.3 is 10.5 Å². The van der Waals surface area contributed by atoms with Crippen LogP contribution in [-0.2, 0) is 7.05 Å². The lowest BCUT2D eigenvalue weighted by atomic mass is 10.1. The van der Waals surface area contributed by atoms with Gasteiger partial charge in [0.1, 0.15) is 11.9 Å². The Kier molecular flexibility index (Phi) is 2.78. The van der Waals surface area contributed by atoms with Crippen molar-refractivity contribution in [1.82, 2.24) is 15.0 Å². The van der Waals surface area contributed by atoms with Gasteiger partial charge in [-0.1, -0.05) is 5.21 Å². The average Bonchev–Trinajstić information content (AvgIpc) is 2.67. The van der Waals surface area contributed by atoms with E-state index in [0.29, 0.717) is 22.9 Å². The van der Waals surface area contributed by atoms with Gasteiger partial charge in [-0.25, -0.2) is 4.68 Å². The number of ketones is 1. The summed E-state index contributed by atoms with van der Waals surface area (Å²) < 4.78 is 7.03. The fourth-order valence-corrected chi connectivity index (χ4v) is 1.40. The van der Waals surface area contributed by atoms with E-state index in [1.54, 1.807) is 25.2 Å². The van der Waals surface area contributed by atoms with Gasteiger partial charge in [0.05, 0.1) is 5.56 Å². The molecule has 0 saturated heterocycles. The molecule has 0 amide bonds. The van der Waals surface area contributed by atoms with Crippen molar-refractivity contribution in [1.29, 1.82) is 0 Å². The summed E-state index contributed by atoms with van der Waals surface area (Å²) in [6, 6.07) is 4.91. The van der Waals surface area contributed by atoms with Crippen molar-refractivity contribution in [3.8, 4) is 11.6 Å². The Hall–Kier alpha value is -2.37. The molecule has 2 rings (SSSR count). The zero-order chi connectivity index (χ0) is 12.4. The van der Waals surface area contributed by atoms with Crippen LogP contribution >= 0.6 is 0 Å². The molecule has 0 spiro atoms. The molecule has 0 atom stereocenters. The standard InChI is InChI=1S/C11H12N4O2/c1-7(16)9-5-8(12)3-4-10(9)17-11-6-13-14-15(11)2/h3-6H,12H2,1-2H3. The fourth-order valence-electron chi connectivity index (χ4n) is 1.40. The van der Waals surface area contributed by atoms with Gasteiger partial charge in [-0.05, 0) is 25.1 Å². The predicted molar refractivity (Wildman–Crippen MR) is 61.9 cm³/mol. The van der Waals surface area contributed by atoms with Crippen LogP contribution in [0.4, 0.5) is 5.69 Å². The van der Waals surface area contributed by atoms with Crippen LogP contribution in [0.5, 0.6) is 11.6 Å². The number of carbonyl (C=O) groups is 1. The van der Waals surface area contributed by atoms with E-state index in [1.165, 1.54) is 17.8 Å². The van der Waals surface area contributed by atoms with Crippen LogP contribution in [0.1, 0.15) is 17.3 Å². The molecule has 1 heterocycles. The molecule has 0 aliphatic carbocycles. The molecule has 1 aromatic carbocycles. The Balaban J connectivity index is 2.39. The summed E-state index contributed by atoms with van der Waals surface area (Å²) in [7, 11) is 1.70. The van der Waals surface area contributed by atoms with Crippen LogP contribution in [0.15, 0.2) is 24.4 Å². The van der Waals surface area contributed by atoms with E-state index < -0.39 is 0 Å². The Morgan fingerprint density at radius 3 is 2.82 bits per heavy atom. The van der Waals surface area contributed by atoms with Crippen molar-refractivity contribution in [3.63, 3.8) is 0 Å². The third-order valence-electron chi connectivity index (χ3n) is 2.27. The molecule has 2 N–H and O–H groups in total. The van der Waals surface area contributed by atoms with Crippen LogP contribution in [0, 0.1) is 0 Å². The van der Waals surface area contributed by atoms with Gasteiger partial charge in [0.2, 0.25) is 5.88 Å². The second-order valence-corrected chi connectivity index (χ2v) is 3.61. The Morgan fingerprint density at radius 1 is 1.47 bits per heavy atom. The number of aryl methyl sites for hydroxylation is 1. The van der Waals surface area contributed by atoms with Gasteiger partial charge in [0.15, 0.2) is 5.78 Å². The molecule has 0 unspecified atom stereocenters.